The molecular formula is C18H14O. The van der Waals surface area contributed by atoms with Crippen LogP contribution in [0.2, 0.25) is 0 Å². The topological polar surface area (TPSA) is 9.23 Å². The Balaban J connectivity index is 2.41. The summed E-state index contributed by atoms with van der Waals surface area (Å²) >= 11 is 0. The molecule has 0 saturated carbocycles. The van der Waals surface area contributed by atoms with Crippen LogP contribution in [-0.2, 0) is 0 Å². The fraction of sp³-hybridized carbons (Fsp3) is 0. The molecule has 0 bridgehead atoms. The van der Waals surface area contributed by atoms with Gasteiger partial charge in [0.1, 0.15) is 11.5 Å². The van der Waals surface area contributed by atoms with Crippen molar-refractivity contribution in [3.63, 3.8) is 0 Å². The van der Waals surface area contributed by atoms with Crippen LogP contribution in [0.4, 0.5) is 0 Å². The number of hydrogen-bond donors (Lipinski definition) is 0. The first-order valence-corrected chi connectivity index (χ1v) is 5.92. The van der Waals surface area contributed by atoms with E-state index < -0.39 is 0 Å². The molecule has 0 fully saturated rings. The molecule has 19 heavy (non-hydrogen) atoms. The summed E-state index contributed by atoms with van der Waals surface area (Å²) in [6, 6.07) is 15.5. The van der Waals surface area contributed by atoms with Crippen molar-refractivity contribution in [2.75, 3.05) is 0 Å². The van der Waals surface area contributed by atoms with E-state index >= 15 is 0 Å². The summed E-state index contributed by atoms with van der Waals surface area (Å²) in [6.45, 7) is 7.18. The number of hydrogen-bond acceptors (Lipinski definition) is 1. The first kappa shape index (κ1) is 12.7. The monoisotopic (exact) mass is 246 g/mol. The molecule has 0 atom stereocenters. The molecule has 0 aliphatic rings. The summed E-state index contributed by atoms with van der Waals surface area (Å²) in [5.74, 6) is 1.53. The van der Waals surface area contributed by atoms with Gasteiger partial charge in [0.05, 0.1) is 0 Å². The second-order valence-electron chi connectivity index (χ2n) is 3.87. The van der Waals surface area contributed by atoms with Gasteiger partial charge in [-0.3, -0.25) is 0 Å². The third-order valence-electron chi connectivity index (χ3n) is 2.57. The van der Waals surface area contributed by atoms with E-state index in [0.717, 1.165) is 22.6 Å². The maximum absolute atomic E-state index is 5.95. The summed E-state index contributed by atoms with van der Waals surface area (Å²) in [5, 5.41) is 0. The van der Waals surface area contributed by atoms with Gasteiger partial charge in [-0.2, -0.15) is 0 Å². The molecule has 0 aromatic heterocycles. The van der Waals surface area contributed by atoms with Crippen molar-refractivity contribution in [2.45, 2.75) is 0 Å². The molecule has 0 aliphatic carbocycles. The Kier molecular flexibility index (Phi) is 4.21. The SMILES string of the molecule is C=C=Cc1ccccc1Oc1ccccc1C=C=C. The van der Waals surface area contributed by atoms with Crippen LogP contribution in [0.15, 0.2) is 73.2 Å². The van der Waals surface area contributed by atoms with Gasteiger partial charge in [0.15, 0.2) is 0 Å². The van der Waals surface area contributed by atoms with Crippen molar-refractivity contribution >= 4 is 12.2 Å². The average molecular weight is 246 g/mol. The van der Waals surface area contributed by atoms with Gasteiger partial charge in [0.25, 0.3) is 0 Å². The summed E-state index contributed by atoms with van der Waals surface area (Å²) in [4.78, 5) is 0. The molecule has 2 aromatic rings. The van der Waals surface area contributed by atoms with E-state index in [1.54, 1.807) is 12.2 Å². The molecule has 0 spiro atoms. The van der Waals surface area contributed by atoms with Gasteiger partial charge in [-0.25, -0.2) is 0 Å². The Morgan fingerprint density at radius 1 is 0.737 bits per heavy atom. The Morgan fingerprint density at radius 3 is 1.58 bits per heavy atom. The van der Waals surface area contributed by atoms with Gasteiger partial charge in [0.2, 0.25) is 0 Å². The standard InChI is InChI=1S/C18H14O/c1-3-9-15-11-5-7-13-17(15)19-18-14-8-6-12-16(18)10-4-2/h5-14H,1-2H2. The smallest absolute Gasteiger partial charge is 0.135 e. The van der Waals surface area contributed by atoms with Crippen molar-refractivity contribution < 1.29 is 4.74 Å². The van der Waals surface area contributed by atoms with Crippen LogP contribution in [0, 0.1) is 0 Å². The lowest BCUT2D eigenvalue weighted by Gasteiger charge is -2.10. The predicted molar refractivity (Wildman–Crippen MR) is 80.2 cm³/mol. The van der Waals surface area contributed by atoms with Crippen molar-refractivity contribution in [1.82, 2.24) is 0 Å². The Hall–Kier alpha value is -2.72. The van der Waals surface area contributed by atoms with Gasteiger partial charge in [0, 0.05) is 11.1 Å². The summed E-state index contributed by atoms with van der Waals surface area (Å²) < 4.78 is 5.95. The Bertz CT molecular complexity index is 610. The second-order valence-corrected chi connectivity index (χ2v) is 3.87. The van der Waals surface area contributed by atoms with Gasteiger partial charge >= 0.3 is 0 Å². The van der Waals surface area contributed by atoms with Crippen molar-refractivity contribution in [1.29, 1.82) is 0 Å². The van der Waals surface area contributed by atoms with Crippen LogP contribution in [0.5, 0.6) is 11.5 Å². The van der Waals surface area contributed by atoms with Crippen LogP contribution < -0.4 is 4.74 Å². The number of rotatable bonds is 4. The minimum absolute atomic E-state index is 0.767. The molecule has 1 nitrogen and oxygen atoms in total. The van der Waals surface area contributed by atoms with E-state index in [1.165, 1.54) is 0 Å². The van der Waals surface area contributed by atoms with E-state index in [1.807, 2.05) is 48.5 Å². The fourth-order valence-electron chi connectivity index (χ4n) is 1.72. The number of para-hydroxylation sites is 2. The predicted octanol–water partition coefficient (Wildman–Crippen LogP) is 5.08. The van der Waals surface area contributed by atoms with Crippen molar-refractivity contribution in [3.8, 4) is 11.5 Å². The zero-order chi connectivity index (χ0) is 13.5. The quantitative estimate of drug-likeness (QED) is 0.684. The van der Waals surface area contributed by atoms with Crippen LogP contribution in [-0.4, -0.2) is 0 Å². The summed E-state index contributed by atoms with van der Waals surface area (Å²) in [5.41, 5.74) is 7.41. The van der Waals surface area contributed by atoms with Crippen molar-refractivity contribution in [2.24, 2.45) is 0 Å². The number of benzene rings is 2. The highest BCUT2D eigenvalue weighted by atomic mass is 16.5. The molecule has 2 aromatic carbocycles. The zero-order valence-electron chi connectivity index (χ0n) is 10.6. The minimum atomic E-state index is 0.767. The van der Waals surface area contributed by atoms with E-state index in [4.69, 9.17) is 4.74 Å². The van der Waals surface area contributed by atoms with Crippen LogP contribution in [0.25, 0.3) is 12.2 Å². The van der Waals surface area contributed by atoms with Crippen molar-refractivity contribution in [3.05, 3.63) is 84.3 Å². The molecule has 0 radical (unpaired) electrons. The van der Waals surface area contributed by atoms with E-state index in [9.17, 15) is 0 Å². The van der Waals surface area contributed by atoms with Gasteiger partial charge in [-0.1, -0.05) is 49.6 Å². The molecule has 92 valence electrons. The zero-order valence-corrected chi connectivity index (χ0v) is 10.6. The Morgan fingerprint density at radius 2 is 1.16 bits per heavy atom. The molecule has 0 amide bonds. The van der Waals surface area contributed by atoms with E-state index in [-0.39, 0.29) is 0 Å². The van der Waals surface area contributed by atoms with Crippen LogP contribution in [0.1, 0.15) is 11.1 Å². The second kappa shape index (κ2) is 6.28. The van der Waals surface area contributed by atoms with E-state index in [2.05, 4.69) is 24.6 Å². The summed E-state index contributed by atoms with van der Waals surface area (Å²) in [7, 11) is 0. The third kappa shape index (κ3) is 3.14. The van der Waals surface area contributed by atoms with Gasteiger partial charge in [-0.15, -0.1) is 11.5 Å². The van der Waals surface area contributed by atoms with Crippen LogP contribution in [0.3, 0.4) is 0 Å². The highest BCUT2D eigenvalue weighted by Crippen LogP contribution is 2.29. The van der Waals surface area contributed by atoms with Crippen LogP contribution >= 0.6 is 0 Å². The van der Waals surface area contributed by atoms with Gasteiger partial charge < -0.3 is 4.74 Å². The molecule has 0 unspecified atom stereocenters. The summed E-state index contributed by atoms with van der Waals surface area (Å²) in [6.07, 6.45) is 3.59. The third-order valence-corrected chi connectivity index (χ3v) is 2.57. The lowest BCUT2D eigenvalue weighted by molar-refractivity contribution is 0.480. The molecule has 0 saturated heterocycles. The normalized spacial score (nSPS) is 9.05. The number of ether oxygens (including phenoxy) is 1. The molecule has 0 aliphatic heterocycles. The maximum Gasteiger partial charge on any atom is 0.135 e. The molecule has 0 heterocycles. The maximum atomic E-state index is 5.95. The fourth-order valence-corrected chi connectivity index (χ4v) is 1.72. The molecule has 0 N–H and O–H groups in total. The molecule has 1 heteroatoms. The molecular weight excluding hydrogens is 232 g/mol. The minimum Gasteiger partial charge on any atom is -0.456 e. The lowest BCUT2D eigenvalue weighted by atomic mass is 10.1. The first-order chi connectivity index (χ1) is 9.35. The highest BCUT2D eigenvalue weighted by molar-refractivity contribution is 5.61. The largest absolute Gasteiger partial charge is 0.456 e. The van der Waals surface area contributed by atoms with Gasteiger partial charge in [-0.05, 0) is 24.3 Å². The Labute approximate surface area is 113 Å². The molecule has 2 rings (SSSR count). The lowest BCUT2D eigenvalue weighted by Crippen LogP contribution is -1.89. The van der Waals surface area contributed by atoms with E-state index in [0.29, 0.717) is 0 Å². The first-order valence-electron chi connectivity index (χ1n) is 5.92. The average Bonchev–Trinajstić information content (AvgIpc) is 2.44. The highest BCUT2D eigenvalue weighted by Gasteiger charge is 2.04.